The van der Waals surface area contributed by atoms with Gasteiger partial charge in [-0.1, -0.05) is 26.8 Å². The molecule has 4 aliphatic carbocycles. The standard InChI is InChI=1S/C25H32N2O2/c1-18(19-8-7-11-29-19)27(20-9-5-6-10-26-20)21(28)25-15-22(2)12-23(3,16-25)14-24(4,13-22)17-25/h5-11,18H,12-17H2,1-4H3/t18-,22?,23?,24?,25?/m1/s1. The number of nitrogens with zero attached hydrogens (tertiary/aromatic N) is 2. The number of anilines is 1. The molecule has 2 aromatic heterocycles. The van der Waals surface area contributed by atoms with Gasteiger partial charge in [-0.15, -0.1) is 0 Å². The number of aromatic nitrogens is 1. The van der Waals surface area contributed by atoms with Gasteiger partial charge in [0.15, 0.2) is 0 Å². The van der Waals surface area contributed by atoms with Gasteiger partial charge in [0.05, 0.1) is 17.7 Å². The summed E-state index contributed by atoms with van der Waals surface area (Å²) in [6, 6.07) is 9.47. The van der Waals surface area contributed by atoms with Crippen molar-refractivity contribution in [3.8, 4) is 0 Å². The molecule has 4 fully saturated rings. The summed E-state index contributed by atoms with van der Waals surface area (Å²) in [5.41, 5.74) is 0.484. The molecule has 1 atom stereocenters. The van der Waals surface area contributed by atoms with Crippen molar-refractivity contribution in [1.82, 2.24) is 4.98 Å². The summed E-state index contributed by atoms with van der Waals surface area (Å²) in [5.74, 6) is 1.76. The van der Waals surface area contributed by atoms with E-state index < -0.39 is 0 Å². The molecule has 29 heavy (non-hydrogen) atoms. The minimum absolute atomic E-state index is 0.186. The number of pyridine rings is 1. The zero-order valence-corrected chi connectivity index (χ0v) is 18.1. The summed E-state index contributed by atoms with van der Waals surface area (Å²) in [7, 11) is 0. The van der Waals surface area contributed by atoms with Crippen molar-refractivity contribution in [2.24, 2.45) is 21.7 Å². The van der Waals surface area contributed by atoms with Gasteiger partial charge in [-0.3, -0.25) is 9.69 Å². The molecule has 4 bridgehead atoms. The Morgan fingerprint density at radius 2 is 1.59 bits per heavy atom. The van der Waals surface area contributed by atoms with Crippen LogP contribution in [0.4, 0.5) is 5.82 Å². The molecule has 0 N–H and O–H groups in total. The molecule has 1 amide bonds. The molecule has 4 nitrogen and oxygen atoms in total. The quantitative estimate of drug-likeness (QED) is 0.626. The first-order chi connectivity index (χ1) is 13.7. The molecule has 4 aliphatic rings. The van der Waals surface area contributed by atoms with Crippen LogP contribution in [0, 0.1) is 21.7 Å². The summed E-state index contributed by atoms with van der Waals surface area (Å²) >= 11 is 0. The van der Waals surface area contributed by atoms with Crippen molar-refractivity contribution >= 4 is 11.7 Å². The van der Waals surface area contributed by atoms with E-state index in [0.29, 0.717) is 0 Å². The Morgan fingerprint density at radius 3 is 2.07 bits per heavy atom. The molecule has 0 unspecified atom stereocenters. The van der Waals surface area contributed by atoms with Crippen molar-refractivity contribution in [2.75, 3.05) is 4.90 Å². The van der Waals surface area contributed by atoms with Gasteiger partial charge < -0.3 is 4.42 Å². The molecule has 4 saturated carbocycles. The first-order valence-corrected chi connectivity index (χ1v) is 10.9. The van der Waals surface area contributed by atoms with Gasteiger partial charge in [0.2, 0.25) is 5.91 Å². The molecule has 0 spiro atoms. The fourth-order valence-corrected chi connectivity index (χ4v) is 8.40. The van der Waals surface area contributed by atoms with Crippen molar-refractivity contribution in [1.29, 1.82) is 0 Å². The van der Waals surface area contributed by atoms with Crippen LogP contribution in [0.25, 0.3) is 0 Å². The van der Waals surface area contributed by atoms with E-state index in [1.165, 1.54) is 19.3 Å². The SMILES string of the molecule is C[C@H](c1ccco1)N(C(=O)C12CC3(C)CC(C)(CC(C)(C3)C1)C2)c1ccccn1. The Balaban J connectivity index is 1.59. The van der Waals surface area contributed by atoms with Crippen LogP contribution >= 0.6 is 0 Å². The van der Waals surface area contributed by atoms with Gasteiger partial charge in [0.1, 0.15) is 11.6 Å². The number of carbonyl (C=O) groups is 1. The van der Waals surface area contributed by atoms with Crippen LogP contribution in [0.3, 0.4) is 0 Å². The Bertz CT molecular complexity index is 866. The molecule has 2 heterocycles. The number of furan rings is 1. The summed E-state index contributed by atoms with van der Waals surface area (Å²) < 4.78 is 5.70. The average Bonchev–Trinajstić information content (AvgIpc) is 3.13. The van der Waals surface area contributed by atoms with Gasteiger partial charge in [0, 0.05) is 6.20 Å². The van der Waals surface area contributed by atoms with E-state index in [0.717, 1.165) is 30.8 Å². The molecule has 0 aromatic carbocycles. The molecule has 0 aliphatic heterocycles. The van der Waals surface area contributed by atoms with Crippen molar-refractivity contribution in [2.45, 2.75) is 72.3 Å². The van der Waals surface area contributed by atoms with Crippen LogP contribution < -0.4 is 4.90 Å². The van der Waals surface area contributed by atoms with Crippen LogP contribution in [-0.2, 0) is 4.79 Å². The largest absolute Gasteiger partial charge is 0.467 e. The highest BCUT2D eigenvalue weighted by molar-refractivity contribution is 5.98. The molecule has 4 heteroatoms. The Morgan fingerprint density at radius 1 is 0.966 bits per heavy atom. The van der Waals surface area contributed by atoms with E-state index in [4.69, 9.17) is 4.42 Å². The van der Waals surface area contributed by atoms with Gasteiger partial charge >= 0.3 is 0 Å². The fraction of sp³-hybridized carbons (Fsp3) is 0.600. The summed E-state index contributed by atoms with van der Waals surface area (Å²) in [4.78, 5) is 20.9. The average molecular weight is 393 g/mol. The Labute approximate surface area is 173 Å². The maximum Gasteiger partial charge on any atom is 0.235 e. The van der Waals surface area contributed by atoms with Crippen LogP contribution in [0.15, 0.2) is 47.2 Å². The lowest BCUT2D eigenvalue weighted by Crippen LogP contribution is -2.63. The molecule has 154 valence electrons. The number of rotatable bonds is 4. The second-order valence-corrected chi connectivity index (χ2v) is 11.3. The second-order valence-electron chi connectivity index (χ2n) is 11.3. The minimum atomic E-state index is -0.300. The lowest BCUT2D eigenvalue weighted by Gasteiger charge is -2.68. The molecule has 6 rings (SSSR count). The molecular weight excluding hydrogens is 360 g/mol. The Kier molecular flexibility index (Phi) is 3.89. The van der Waals surface area contributed by atoms with Crippen molar-refractivity contribution < 1.29 is 9.21 Å². The number of carbonyl (C=O) groups excluding carboxylic acids is 1. The van der Waals surface area contributed by atoms with Gasteiger partial charge in [-0.05, 0) is 86.0 Å². The first-order valence-electron chi connectivity index (χ1n) is 10.9. The topological polar surface area (TPSA) is 46.3 Å². The lowest BCUT2D eigenvalue weighted by molar-refractivity contribution is -0.190. The zero-order valence-electron chi connectivity index (χ0n) is 18.1. The predicted molar refractivity (Wildman–Crippen MR) is 113 cm³/mol. The molecule has 0 radical (unpaired) electrons. The highest BCUT2D eigenvalue weighted by atomic mass is 16.3. The van der Waals surface area contributed by atoms with Gasteiger partial charge in [-0.2, -0.15) is 0 Å². The predicted octanol–water partition coefficient (Wildman–Crippen LogP) is 6.16. The number of amides is 1. The van der Waals surface area contributed by atoms with E-state index in [1.807, 2.05) is 35.2 Å². The molecular formula is C25H32N2O2. The first kappa shape index (κ1) is 18.9. The second kappa shape index (κ2) is 5.96. The van der Waals surface area contributed by atoms with Crippen LogP contribution in [0.5, 0.6) is 0 Å². The van der Waals surface area contributed by atoms with E-state index >= 15 is 0 Å². The lowest BCUT2D eigenvalue weighted by atomic mass is 9.36. The fourth-order valence-electron chi connectivity index (χ4n) is 8.40. The van der Waals surface area contributed by atoms with E-state index in [2.05, 4.69) is 32.7 Å². The van der Waals surface area contributed by atoms with Crippen LogP contribution in [0.2, 0.25) is 0 Å². The highest BCUT2D eigenvalue weighted by Crippen LogP contribution is 2.74. The normalized spacial score (nSPS) is 38.8. The third kappa shape index (κ3) is 2.94. The monoisotopic (exact) mass is 392 g/mol. The molecule has 2 aromatic rings. The van der Waals surface area contributed by atoms with E-state index in [-0.39, 0.29) is 33.6 Å². The van der Waals surface area contributed by atoms with Crippen molar-refractivity contribution in [3.63, 3.8) is 0 Å². The number of hydrogen-bond acceptors (Lipinski definition) is 3. The third-order valence-corrected chi connectivity index (χ3v) is 7.77. The van der Waals surface area contributed by atoms with Crippen LogP contribution in [-0.4, -0.2) is 10.9 Å². The zero-order chi connectivity index (χ0) is 20.5. The maximum absolute atomic E-state index is 14.4. The minimum Gasteiger partial charge on any atom is -0.467 e. The highest BCUT2D eigenvalue weighted by Gasteiger charge is 2.67. The Hall–Kier alpha value is -2.10. The summed E-state index contributed by atoms with van der Waals surface area (Å²) in [6.07, 6.45) is 10.2. The van der Waals surface area contributed by atoms with Crippen molar-refractivity contribution in [3.05, 3.63) is 48.6 Å². The van der Waals surface area contributed by atoms with E-state index in [9.17, 15) is 4.79 Å². The molecule has 0 saturated heterocycles. The third-order valence-electron chi connectivity index (χ3n) is 7.77. The van der Waals surface area contributed by atoms with E-state index in [1.54, 1.807) is 12.5 Å². The number of hydrogen-bond donors (Lipinski definition) is 0. The summed E-state index contributed by atoms with van der Waals surface area (Å²) in [5, 5.41) is 0. The smallest absolute Gasteiger partial charge is 0.235 e. The maximum atomic E-state index is 14.4. The van der Waals surface area contributed by atoms with Gasteiger partial charge in [0.25, 0.3) is 0 Å². The van der Waals surface area contributed by atoms with Gasteiger partial charge in [-0.25, -0.2) is 4.98 Å². The van der Waals surface area contributed by atoms with Crippen LogP contribution in [0.1, 0.15) is 78.0 Å². The summed E-state index contributed by atoms with van der Waals surface area (Å²) in [6.45, 7) is 9.31.